The van der Waals surface area contributed by atoms with Gasteiger partial charge in [0.2, 0.25) is 12.9 Å². The van der Waals surface area contributed by atoms with Crippen LogP contribution in [0.1, 0.15) is 0 Å². The second kappa shape index (κ2) is 2.44. The zero-order valence-corrected chi connectivity index (χ0v) is 6.15. The van der Waals surface area contributed by atoms with Gasteiger partial charge in [-0.15, -0.1) is 0 Å². The van der Waals surface area contributed by atoms with Gasteiger partial charge in [-0.05, 0) is 0 Å². The highest BCUT2D eigenvalue weighted by molar-refractivity contribution is 5.82. The van der Waals surface area contributed by atoms with Gasteiger partial charge >= 0.3 is 0 Å². The summed E-state index contributed by atoms with van der Waals surface area (Å²) >= 11 is 0. The highest BCUT2D eigenvalue weighted by Crippen LogP contribution is 2.25. The topological polar surface area (TPSA) is 70.8 Å². The fourth-order valence-corrected chi connectivity index (χ4v) is 1.07. The third kappa shape index (κ3) is 0.903. The summed E-state index contributed by atoms with van der Waals surface area (Å²) in [5.74, 6) is 0.299. The van der Waals surface area contributed by atoms with Gasteiger partial charge in [0.05, 0.1) is 6.26 Å². The number of nitrogens with two attached hydrogens (primary N) is 1. The van der Waals surface area contributed by atoms with E-state index in [1.54, 1.807) is 6.08 Å². The summed E-state index contributed by atoms with van der Waals surface area (Å²) < 4.78 is 15.0. The predicted octanol–water partition coefficient (Wildman–Crippen LogP) is -0.400. The van der Waals surface area contributed by atoms with Gasteiger partial charge in [-0.25, -0.2) is 0 Å². The average molecular weight is 169 g/mol. The maximum atomic E-state index is 10.8. The van der Waals surface area contributed by atoms with E-state index in [4.69, 9.17) is 19.9 Å². The molecule has 2 aliphatic rings. The Hall–Kier alpha value is -1.65. The Morgan fingerprint density at radius 1 is 1.58 bits per heavy atom. The minimum absolute atomic E-state index is 0.113. The molecule has 2 heterocycles. The van der Waals surface area contributed by atoms with Crippen molar-refractivity contribution in [2.45, 2.75) is 6.10 Å². The molecule has 0 saturated carbocycles. The van der Waals surface area contributed by atoms with Crippen LogP contribution in [0.4, 0.5) is 0 Å². The van der Waals surface area contributed by atoms with Crippen molar-refractivity contribution in [1.29, 1.82) is 0 Å². The summed E-state index contributed by atoms with van der Waals surface area (Å²) in [5, 5.41) is 0. The number of hydrogen-bond acceptors (Lipinski definition) is 4. The van der Waals surface area contributed by atoms with Crippen LogP contribution in [0.25, 0.3) is 0 Å². The monoisotopic (exact) mass is 169 g/mol. The Kier molecular flexibility index (Phi) is 1.43. The zero-order chi connectivity index (χ0) is 8.55. The number of hydrogen-bond donors (Lipinski definition) is 1. The van der Waals surface area contributed by atoms with E-state index in [1.807, 2.05) is 0 Å². The molecule has 2 aliphatic heterocycles. The molecular formula is C7H7NO4. The van der Waals surface area contributed by atoms with Crippen molar-refractivity contribution in [2.24, 2.45) is 5.73 Å². The first kappa shape index (κ1) is 7.02. The zero-order valence-electron chi connectivity index (χ0n) is 6.15. The van der Waals surface area contributed by atoms with Crippen LogP contribution in [0.5, 0.6) is 0 Å². The van der Waals surface area contributed by atoms with E-state index >= 15 is 0 Å². The summed E-state index contributed by atoms with van der Waals surface area (Å²) in [6.07, 6.45) is 2.11. The second-order valence-electron chi connectivity index (χ2n) is 2.36. The van der Waals surface area contributed by atoms with Crippen molar-refractivity contribution in [3.63, 3.8) is 0 Å². The molecule has 0 spiro atoms. The van der Waals surface area contributed by atoms with E-state index in [-0.39, 0.29) is 6.79 Å². The first-order valence-corrected chi connectivity index (χ1v) is 3.40. The number of carbonyl (C=O) groups excluding carboxylic acids is 1. The van der Waals surface area contributed by atoms with Crippen LogP contribution in [0.2, 0.25) is 0 Å². The summed E-state index contributed by atoms with van der Waals surface area (Å²) in [4.78, 5) is 10.8. The SMILES string of the molecule is NC(=O)C1OC=CC2=C1OCO2. The van der Waals surface area contributed by atoms with Crippen LogP contribution < -0.4 is 5.73 Å². The lowest BCUT2D eigenvalue weighted by Crippen LogP contribution is -2.33. The lowest BCUT2D eigenvalue weighted by atomic mass is 10.2. The minimum atomic E-state index is -0.840. The highest BCUT2D eigenvalue weighted by Gasteiger charge is 2.32. The van der Waals surface area contributed by atoms with E-state index in [0.717, 1.165) is 0 Å². The molecule has 0 aliphatic carbocycles. The maximum absolute atomic E-state index is 10.8. The molecule has 0 aromatic heterocycles. The molecule has 0 bridgehead atoms. The molecule has 5 nitrogen and oxygen atoms in total. The van der Waals surface area contributed by atoms with Gasteiger partial charge in [0, 0.05) is 6.08 Å². The molecule has 12 heavy (non-hydrogen) atoms. The summed E-state index contributed by atoms with van der Waals surface area (Å²) in [7, 11) is 0. The van der Waals surface area contributed by atoms with Crippen molar-refractivity contribution in [1.82, 2.24) is 0 Å². The van der Waals surface area contributed by atoms with Gasteiger partial charge in [0.1, 0.15) is 0 Å². The lowest BCUT2D eigenvalue weighted by molar-refractivity contribution is -0.126. The fraction of sp³-hybridized carbons (Fsp3) is 0.286. The Morgan fingerprint density at radius 2 is 2.42 bits per heavy atom. The van der Waals surface area contributed by atoms with Crippen LogP contribution in [-0.2, 0) is 19.0 Å². The molecule has 0 radical (unpaired) electrons. The molecule has 2 N–H and O–H groups in total. The van der Waals surface area contributed by atoms with Gasteiger partial charge in [-0.3, -0.25) is 4.79 Å². The number of allylic oxidation sites excluding steroid dienone is 1. The quantitative estimate of drug-likeness (QED) is 0.579. The van der Waals surface area contributed by atoms with E-state index in [2.05, 4.69) is 0 Å². The summed E-state index contributed by atoms with van der Waals surface area (Å²) in [5.41, 5.74) is 5.06. The van der Waals surface area contributed by atoms with Crippen LogP contribution in [0, 0.1) is 0 Å². The molecule has 64 valence electrons. The van der Waals surface area contributed by atoms with E-state index < -0.39 is 12.0 Å². The van der Waals surface area contributed by atoms with Gasteiger partial charge in [-0.2, -0.15) is 0 Å². The van der Waals surface area contributed by atoms with Gasteiger partial charge in [-0.1, -0.05) is 0 Å². The van der Waals surface area contributed by atoms with Gasteiger partial charge < -0.3 is 19.9 Å². The molecule has 1 unspecified atom stereocenters. The third-order valence-corrected chi connectivity index (χ3v) is 1.60. The Bertz CT molecular complexity index is 281. The number of rotatable bonds is 1. The first-order chi connectivity index (χ1) is 5.79. The Balaban J connectivity index is 2.29. The van der Waals surface area contributed by atoms with Crippen LogP contribution in [-0.4, -0.2) is 18.8 Å². The van der Waals surface area contributed by atoms with Gasteiger partial charge in [0.25, 0.3) is 5.91 Å². The third-order valence-electron chi connectivity index (χ3n) is 1.60. The standard InChI is InChI=1S/C7H7NO4/c8-7(9)6-5-4(1-2-10-6)11-3-12-5/h1-2,6H,3H2,(H2,8,9). The first-order valence-electron chi connectivity index (χ1n) is 3.40. The Morgan fingerprint density at radius 3 is 3.17 bits per heavy atom. The van der Waals surface area contributed by atoms with Gasteiger partial charge in [0.15, 0.2) is 11.5 Å². The predicted molar refractivity (Wildman–Crippen MR) is 37.3 cm³/mol. The summed E-state index contributed by atoms with van der Waals surface area (Å²) in [6.45, 7) is 0.113. The number of ether oxygens (including phenoxy) is 3. The lowest BCUT2D eigenvalue weighted by Gasteiger charge is -2.15. The van der Waals surface area contributed by atoms with E-state index in [0.29, 0.717) is 11.5 Å². The van der Waals surface area contributed by atoms with E-state index in [9.17, 15) is 4.79 Å². The molecule has 0 aromatic rings. The molecule has 0 saturated heterocycles. The second-order valence-corrected chi connectivity index (χ2v) is 2.36. The number of carbonyl (C=O) groups is 1. The number of primary amides is 1. The van der Waals surface area contributed by atoms with Crippen molar-refractivity contribution in [3.05, 3.63) is 23.9 Å². The molecule has 1 amide bonds. The highest BCUT2D eigenvalue weighted by atomic mass is 16.7. The normalized spacial score (nSPS) is 25.5. The number of amides is 1. The van der Waals surface area contributed by atoms with Crippen molar-refractivity contribution >= 4 is 5.91 Å². The molecular weight excluding hydrogens is 162 g/mol. The van der Waals surface area contributed by atoms with Crippen LogP contribution >= 0.6 is 0 Å². The Labute approximate surface area is 68.4 Å². The minimum Gasteiger partial charge on any atom is -0.480 e. The fourth-order valence-electron chi connectivity index (χ4n) is 1.07. The van der Waals surface area contributed by atoms with Crippen molar-refractivity contribution in [3.8, 4) is 0 Å². The molecule has 5 heteroatoms. The largest absolute Gasteiger partial charge is 0.480 e. The van der Waals surface area contributed by atoms with Crippen molar-refractivity contribution in [2.75, 3.05) is 6.79 Å². The smallest absolute Gasteiger partial charge is 0.266 e. The van der Waals surface area contributed by atoms with E-state index in [1.165, 1.54) is 6.26 Å². The maximum Gasteiger partial charge on any atom is 0.266 e. The molecule has 1 atom stereocenters. The van der Waals surface area contributed by atoms with Crippen LogP contribution in [0.15, 0.2) is 23.9 Å². The summed E-state index contributed by atoms with van der Waals surface area (Å²) in [6, 6.07) is 0. The van der Waals surface area contributed by atoms with Crippen molar-refractivity contribution < 1.29 is 19.0 Å². The molecule has 0 aromatic carbocycles. The molecule has 2 rings (SSSR count). The molecule has 0 fully saturated rings. The van der Waals surface area contributed by atoms with Crippen LogP contribution in [0.3, 0.4) is 0 Å². The average Bonchev–Trinajstić information content (AvgIpc) is 2.49.